The van der Waals surface area contributed by atoms with Crippen LogP contribution in [0.5, 0.6) is 0 Å². The summed E-state index contributed by atoms with van der Waals surface area (Å²) in [6.45, 7) is 0. The van der Waals surface area contributed by atoms with Crippen LogP contribution in [0, 0.1) is 11.3 Å². The van der Waals surface area contributed by atoms with Crippen molar-refractivity contribution in [2.24, 2.45) is 5.73 Å². The van der Waals surface area contributed by atoms with Crippen molar-refractivity contribution in [1.29, 1.82) is 5.26 Å². The molecule has 0 radical (unpaired) electrons. The third-order valence-corrected chi connectivity index (χ3v) is 2.86. The fraction of sp³-hybridized carbons (Fsp3) is 0.364. The molecule has 5 nitrogen and oxygen atoms in total. The minimum Gasteiger partial charge on any atom is -0.383 e. The molecule has 1 heterocycles. The number of fused-ring (bicyclic) bond motifs is 1. The van der Waals surface area contributed by atoms with Gasteiger partial charge in [-0.2, -0.15) is 5.26 Å². The molecular weight excluding hydrogens is 204 g/mol. The van der Waals surface area contributed by atoms with Crippen molar-refractivity contribution >= 4 is 11.7 Å². The molecule has 0 aliphatic heterocycles. The van der Waals surface area contributed by atoms with Gasteiger partial charge in [0.15, 0.2) is 0 Å². The number of nitriles is 1. The number of carbonyl (C=O) groups excluding carboxylic acids is 1. The van der Waals surface area contributed by atoms with Crippen LogP contribution in [0.2, 0.25) is 0 Å². The smallest absolute Gasteiger partial charge is 0.250 e. The number of primary amides is 1. The molecule has 0 atom stereocenters. The standard InChI is InChI=1S/C11H12N4O/c12-5-7-9(11(14)16)6-3-1-2-4-8(6)15-10(7)13/h1-4H2,(H2,13,15)(H2,14,16). The Hall–Kier alpha value is -2.09. The predicted molar refractivity (Wildman–Crippen MR) is 58.5 cm³/mol. The first-order valence-electron chi connectivity index (χ1n) is 5.16. The molecule has 82 valence electrons. The zero-order valence-electron chi connectivity index (χ0n) is 8.79. The Morgan fingerprint density at radius 3 is 2.69 bits per heavy atom. The first-order chi connectivity index (χ1) is 7.65. The van der Waals surface area contributed by atoms with E-state index in [1.807, 2.05) is 6.07 Å². The summed E-state index contributed by atoms with van der Waals surface area (Å²) in [6, 6.07) is 1.91. The summed E-state index contributed by atoms with van der Waals surface area (Å²) in [7, 11) is 0. The Bertz CT molecular complexity index is 502. The number of hydrogen-bond donors (Lipinski definition) is 2. The normalized spacial score (nSPS) is 13.9. The van der Waals surface area contributed by atoms with E-state index in [0.717, 1.165) is 36.9 Å². The molecule has 0 spiro atoms. The third kappa shape index (κ3) is 1.48. The van der Waals surface area contributed by atoms with Crippen molar-refractivity contribution in [3.05, 3.63) is 22.4 Å². The molecule has 0 unspecified atom stereocenters. The average molecular weight is 216 g/mol. The second kappa shape index (κ2) is 3.81. The summed E-state index contributed by atoms with van der Waals surface area (Å²) in [4.78, 5) is 15.6. The number of amides is 1. The van der Waals surface area contributed by atoms with E-state index >= 15 is 0 Å². The van der Waals surface area contributed by atoms with Gasteiger partial charge < -0.3 is 11.5 Å². The van der Waals surface area contributed by atoms with Gasteiger partial charge in [-0.25, -0.2) is 4.98 Å². The highest BCUT2D eigenvalue weighted by Gasteiger charge is 2.23. The SMILES string of the molecule is N#Cc1c(N)nc2c(c1C(N)=O)CCCC2. The summed E-state index contributed by atoms with van der Waals surface area (Å²) in [5.41, 5.74) is 13.0. The molecule has 4 N–H and O–H groups in total. The largest absolute Gasteiger partial charge is 0.383 e. The lowest BCUT2D eigenvalue weighted by molar-refractivity contribution is 0.0998. The average Bonchev–Trinajstić information content (AvgIpc) is 2.26. The lowest BCUT2D eigenvalue weighted by Gasteiger charge is -2.18. The zero-order valence-corrected chi connectivity index (χ0v) is 8.79. The summed E-state index contributed by atoms with van der Waals surface area (Å²) < 4.78 is 0. The van der Waals surface area contributed by atoms with Gasteiger partial charge in [-0.1, -0.05) is 0 Å². The highest BCUT2D eigenvalue weighted by molar-refractivity contribution is 5.98. The fourth-order valence-electron chi connectivity index (χ4n) is 2.15. The Labute approximate surface area is 93.1 Å². The van der Waals surface area contributed by atoms with Gasteiger partial charge in [0.05, 0.1) is 5.56 Å². The number of nitrogen functional groups attached to an aromatic ring is 1. The Balaban J connectivity index is 2.75. The lowest BCUT2D eigenvalue weighted by Crippen LogP contribution is -2.21. The van der Waals surface area contributed by atoms with Gasteiger partial charge in [-0.05, 0) is 31.2 Å². The number of nitrogens with zero attached hydrogens (tertiary/aromatic N) is 2. The summed E-state index contributed by atoms with van der Waals surface area (Å²) in [5, 5.41) is 8.97. The van der Waals surface area contributed by atoms with Crippen molar-refractivity contribution in [1.82, 2.24) is 4.98 Å². The fourth-order valence-corrected chi connectivity index (χ4v) is 2.15. The number of hydrogen-bond acceptors (Lipinski definition) is 4. The second-order valence-electron chi connectivity index (χ2n) is 3.86. The summed E-state index contributed by atoms with van der Waals surface area (Å²) in [5.74, 6) is -0.485. The molecule has 0 bridgehead atoms. The van der Waals surface area contributed by atoms with E-state index in [9.17, 15) is 4.79 Å². The molecule has 1 aromatic rings. The van der Waals surface area contributed by atoms with E-state index in [1.165, 1.54) is 0 Å². The van der Waals surface area contributed by atoms with E-state index in [2.05, 4.69) is 4.98 Å². The monoisotopic (exact) mass is 216 g/mol. The Kier molecular flexibility index (Phi) is 2.49. The molecule has 2 rings (SSSR count). The van der Waals surface area contributed by atoms with E-state index < -0.39 is 5.91 Å². The van der Waals surface area contributed by atoms with Gasteiger partial charge >= 0.3 is 0 Å². The van der Waals surface area contributed by atoms with Gasteiger partial charge in [0.1, 0.15) is 17.5 Å². The van der Waals surface area contributed by atoms with Crippen molar-refractivity contribution in [2.75, 3.05) is 5.73 Å². The van der Waals surface area contributed by atoms with Crippen LogP contribution >= 0.6 is 0 Å². The highest BCUT2D eigenvalue weighted by Crippen LogP contribution is 2.27. The van der Waals surface area contributed by atoms with Gasteiger partial charge in [0, 0.05) is 5.69 Å². The quantitative estimate of drug-likeness (QED) is 0.713. The molecular formula is C11H12N4O. The second-order valence-corrected chi connectivity index (χ2v) is 3.86. The van der Waals surface area contributed by atoms with E-state index in [-0.39, 0.29) is 16.9 Å². The van der Waals surface area contributed by atoms with Crippen LogP contribution in [0.1, 0.15) is 40.0 Å². The first-order valence-corrected chi connectivity index (χ1v) is 5.16. The maximum Gasteiger partial charge on any atom is 0.250 e. The zero-order chi connectivity index (χ0) is 11.7. The van der Waals surface area contributed by atoms with Crippen LogP contribution in [0.25, 0.3) is 0 Å². The molecule has 0 saturated carbocycles. The summed E-state index contributed by atoms with van der Waals surface area (Å²) >= 11 is 0. The van der Waals surface area contributed by atoms with Crippen molar-refractivity contribution in [3.8, 4) is 6.07 Å². The minimum absolute atomic E-state index is 0.108. The maximum atomic E-state index is 11.4. The van der Waals surface area contributed by atoms with Crippen molar-refractivity contribution < 1.29 is 4.79 Å². The van der Waals surface area contributed by atoms with Crippen molar-refractivity contribution in [2.45, 2.75) is 25.7 Å². The predicted octanol–water partition coefficient (Wildman–Crippen LogP) is 0.513. The van der Waals surface area contributed by atoms with Gasteiger partial charge in [0.2, 0.25) is 0 Å². The number of carbonyl (C=O) groups is 1. The van der Waals surface area contributed by atoms with Gasteiger partial charge in [-0.15, -0.1) is 0 Å². The molecule has 0 fully saturated rings. The first kappa shape index (κ1) is 10.4. The number of aromatic nitrogens is 1. The Morgan fingerprint density at radius 2 is 2.06 bits per heavy atom. The van der Waals surface area contributed by atoms with Gasteiger partial charge in [-0.3, -0.25) is 4.79 Å². The molecule has 0 aromatic carbocycles. The van der Waals surface area contributed by atoms with Crippen LogP contribution in [-0.4, -0.2) is 10.9 Å². The van der Waals surface area contributed by atoms with Crippen LogP contribution in [0.15, 0.2) is 0 Å². The Morgan fingerprint density at radius 1 is 1.38 bits per heavy atom. The van der Waals surface area contributed by atoms with Crippen molar-refractivity contribution in [3.63, 3.8) is 0 Å². The molecule has 5 heteroatoms. The van der Waals surface area contributed by atoms with E-state index in [1.54, 1.807) is 0 Å². The summed E-state index contributed by atoms with van der Waals surface area (Å²) in [6.07, 6.45) is 3.56. The molecule has 1 aliphatic rings. The lowest BCUT2D eigenvalue weighted by atomic mass is 9.89. The van der Waals surface area contributed by atoms with E-state index in [4.69, 9.17) is 16.7 Å². The third-order valence-electron chi connectivity index (χ3n) is 2.86. The highest BCUT2D eigenvalue weighted by atomic mass is 16.1. The topological polar surface area (TPSA) is 106 Å². The van der Waals surface area contributed by atoms with Crippen LogP contribution in [0.3, 0.4) is 0 Å². The number of pyridine rings is 1. The number of nitrogens with two attached hydrogens (primary N) is 2. The molecule has 1 aliphatic carbocycles. The van der Waals surface area contributed by atoms with Gasteiger partial charge in [0.25, 0.3) is 5.91 Å². The maximum absolute atomic E-state index is 11.4. The number of anilines is 1. The number of rotatable bonds is 1. The van der Waals surface area contributed by atoms with Crippen LogP contribution in [-0.2, 0) is 12.8 Å². The molecule has 1 aromatic heterocycles. The molecule has 16 heavy (non-hydrogen) atoms. The van der Waals surface area contributed by atoms with Crippen LogP contribution in [0.4, 0.5) is 5.82 Å². The minimum atomic E-state index is -0.594. The number of aryl methyl sites for hydroxylation is 1. The van der Waals surface area contributed by atoms with E-state index in [0.29, 0.717) is 0 Å². The van der Waals surface area contributed by atoms with Crippen LogP contribution < -0.4 is 11.5 Å². The molecule has 0 saturated heterocycles. The molecule has 1 amide bonds.